The zero-order valence-corrected chi connectivity index (χ0v) is 18.1. The fraction of sp³-hybridized carbons (Fsp3) is 0.375. The van der Waals surface area contributed by atoms with E-state index in [4.69, 9.17) is 9.57 Å². The minimum absolute atomic E-state index is 0.0759. The van der Waals surface area contributed by atoms with Gasteiger partial charge < -0.3 is 14.5 Å². The first-order valence-corrected chi connectivity index (χ1v) is 10.5. The van der Waals surface area contributed by atoms with E-state index >= 15 is 0 Å². The summed E-state index contributed by atoms with van der Waals surface area (Å²) in [6, 6.07) is 11.1. The Morgan fingerprint density at radius 1 is 1.16 bits per heavy atom. The van der Waals surface area contributed by atoms with Crippen molar-refractivity contribution in [2.75, 3.05) is 13.2 Å². The van der Waals surface area contributed by atoms with Crippen molar-refractivity contribution in [2.24, 2.45) is 5.16 Å². The SMILES string of the molecule is CCOC(=O)CCC(=O)N(Cc1ccc(F)cc1F)CC1CC(c2ccc(C)cc2)=NO1. The maximum Gasteiger partial charge on any atom is 0.306 e. The van der Waals surface area contributed by atoms with Crippen LogP contribution in [0.5, 0.6) is 0 Å². The molecule has 1 unspecified atom stereocenters. The van der Waals surface area contributed by atoms with Crippen LogP contribution < -0.4 is 0 Å². The van der Waals surface area contributed by atoms with Crippen molar-refractivity contribution < 1.29 is 27.9 Å². The van der Waals surface area contributed by atoms with Crippen molar-refractivity contribution in [3.05, 3.63) is 70.8 Å². The first kappa shape index (κ1) is 23.4. The summed E-state index contributed by atoms with van der Waals surface area (Å²) in [5, 5.41) is 4.15. The van der Waals surface area contributed by atoms with E-state index in [2.05, 4.69) is 5.16 Å². The summed E-state index contributed by atoms with van der Waals surface area (Å²) in [6.45, 7) is 3.98. The number of ether oxygens (including phenoxy) is 1. The van der Waals surface area contributed by atoms with Gasteiger partial charge in [-0.3, -0.25) is 9.59 Å². The van der Waals surface area contributed by atoms with Crippen LogP contribution in [-0.4, -0.2) is 41.7 Å². The van der Waals surface area contributed by atoms with Gasteiger partial charge >= 0.3 is 5.97 Å². The van der Waals surface area contributed by atoms with Crippen LogP contribution in [0, 0.1) is 18.6 Å². The number of carbonyl (C=O) groups excluding carboxylic acids is 2. The number of esters is 1. The molecule has 0 saturated carbocycles. The monoisotopic (exact) mass is 444 g/mol. The Balaban J connectivity index is 1.68. The number of nitrogens with zero attached hydrogens (tertiary/aromatic N) is 2. The Bertz CT molecular complexity index is 992. The van der Waals surface area contributed by atoms with Gasteiger partial charge in [-0.05, 0) is 25.5 Å². The smallest absolute Gasteiger partial charge is 0.306 e. The quantitative estimate of drug-likeness (QED) is 0.545. The summed E-state index contributed by atoms with van der Waals surface area (Å²) >= 11 is 0. The number of benzene rings is 2. The lowest BCUT2D eigenvalue weighted by Gasteiger charge is -2.25. The van der Waals surface area contributed by atoms with Gasteiger partial charge in [0.1, 0.15) is 11.6 Å². The second-order valence-corrected chi connectivity index (χ2v) is 7.65. The topological polar surface area (TPSA) is 68.2 Å². The number of halogens is 2. The minimum Gasteiger partial charge on any atom is -0.466 e. The predicted octanol–water partition coefficient (Wildman–Crippen LogP) is 4.14. The van der Waals surface area contributed by atoms with Gasteiger partial charge in [-0.25, -0.2) is 8.78 Å². The second-order valence-electron chi connectivity index (χ2n) is 7.65. The lowest BCUT2D eigenvalue weighted by molar-refractivity contribution is -0.146. The number of amides is 1. The van der Waals surface area contributed by atoms with Crippen LogP contribution >= 0.6 is 0 Å². The molecule has 0 aromatic heterocycles. The molecule has 2 aromatic rings. The standard InChI is InChI=1S/C24H26F2N2O4/c1-3-31-24(30)11-10-23(29)28(14-18-8-9-19(25)12-21(18)26)15-20-13-22(27-32-20)17-6-4-16(2)5-7-17/h4-9,12,20H,3,10-11,13-15H2,1-2H3. The maximum absolute atomic E-state index is 14.2. The number of hydrogen-bond donors (Lipinski definition) is 0. The van der Waals surface area contributed by atoms with Gasteiger partial charge in [0.2, 0.25) is 5.91 Å². The molecule has 0 aliphatic carbocycles. The zero-order valence-electron chi connectivity index (χ0n) is 18.1. The molecule has 6 nitrogen and oxygen atoms in total. The number of carbonyl (C=O) groups is 2. The molecule has 1 atom stereocenters. The van der Waals surface area contributed by atoms with Gasteiger partial charge in [-0.1, -0.05) is 41.1 Å². The van der Waals surface area contributed by atoms with Crippen molar-refractivity contribution in [1.29, 1.82) is 0 Å². The molecule has 0 N–H and O–H groups in total. The molecule has 0 bridgehead atoms. The minimum atomic E-state index is -0.739. The van der Waals surface area contributed by atoms with E-state index in [9.17, 15) is 18.4 Å². The Kier molecular flexibility index (Phi) is 7.92. The van der Waals surface area contributed by atoms with E-state index in [-0.39, 0.29) is 44.0 Å². The lowest BCUT2D eigenvalue weighted by Crippen LogP contribution is -2.37. The molecule has 0 saturated heterocycles. The molecule has 1 heterocycles. The average molecular weight is 444 g/mol. The zero-order chi connectivity index (χ0) is 23.1. The van der Waals surface area contributed by atoms with E-state index < -0.39 is 23.7 Å². The molecule has 170 valence electrons. The highest BCUT2D eigenvalue weighted by Crippen LogP contribution is 2.20. The van der Waals surface area contributed by atoms with E-state index in [0.717, 1.165) is 29.0 Å². The predicted molar refractivity (Wildman–Crippen MR) is 115 cm³/mol. The molecule has 32 heavy (non-hydrogen) atoms. The molecule has 3 rings (SSSR count). The molecule has 1 amide bonds. The number of hydrogen-bond acceptors (Lipinski definition) is 5. The van der Waals surface area contributed by atoms with Crippen molar-refractivity contribution >= 4 is 17.6 Å². The average Bonchev–Trinajstić information content (AvgIpc) is 3.22. The Morgan fingerprint density at radius 2 is 1.91 bits per heavy atom. The summed E-state index contributed by atoms with van der Waals surface area (Å²) in [4.78, 5) is 31.4. The molecule has 0 radical (unpaired) electrons. The first-order valence-electron chi connectivity index (χ1n) is 10.5. The van der Waals surface area contributed by atoms with Crippen molar-refractivity contribution in [1.82, 2.24) is 4.90 Å². The third-order valence-electron chi connectivity index (χ3n) is 5.12. The van der Waals surface area contributed by atoms with E-state index in [0.29, 0.717) is 6.42 Å². The molecular formula is C24H26F2N2O4. The molecule has 2 aromatic carbocycles. The van der Waals surface area contributed by atoms with Gasteiger partial charge in [0.25, 0.3) is 0 Å². The molecule has 1 aliphatic rings. The highest BCUT2D eigenvalue weighted by atomic mass is 19.1. The summed E-state index contributed by atoms with van der Waals surface area (Å²) in [7, 11) is 0. The van der Waals surface area contributed by atoms with Crippen LogP contribution in [0.4, 0.5) is 8.78 Å². The number of rotatable bonds is 9. The van der Waals surface area contributed by atoms with Gasteiger partial charge in [-0.2, -0.15) is 0 Å². The molecule has 0 fully saturated rings. The highest BCUT2D eigenvalue weighted by molar-refractivity contribution is 6.01. The number of oxime groups is 1. The Labute approximate surface area is 185 Å². The summed E-state index contributed by atoms with van der Waals surface area (Å²) in [6.07, 6.45) is -0.0936. The summed E-state index contributed by atoms with van der Waals surface area (Å²) in [5.41, 5.74) is 3.00. The van der Waals surface area contributed by atoms with E-state index in [1.807, 2.05) is 31.2 Å². The molecule has 1 aliphatic heterocycles. The Hall–Kier alpha value is -3.29. The number of aryl methyl sites for hydroxylation is 1. The van der Waals surface area contributed by atoms with E-state index in [1.54, 1.807) is 6.92 Å². The fourth-order valence-corrected chi connectivity index (χ4v) is 3.40. The molecule has 8 heteroatoms. The summed E-state index contributed by atoms with van der Waals surface area (Å²) < 4.78 is 32.4. The van der Waals surface area contributed by atoms with Crippen LogP contribution in [0.25, 0.3) is 0 Å². The van der Waals surface area contributed by atoms with Gasteiger partial charge in [0.15, 0.2) is 6.10 Å². The first-order chi connectivity index (χ1) is 15.4. The van der Waals surface area contributed by atoms with E-state index in [1.165, 1.54) is 11.0 Å². The highest BCUT2D eigenvalue weighted by Gasteiger charge is 2.27. The van der Waals surface area contributed by atoms with Gasteiger partial charge in [0, 0.05) is 31.0 Å². The van der Waals surface area contributed by atoms with Crippen LogP contribution in [-0.2, 0) is 25.7 Å². The Morgan fingerprint density at radius 3 is 2.59 bits per heavy atom. The van der Waals surface area contributed by atoms with Crippen LogP contribution in [0.3, 0.4) is 0 Å². The third kappa shape index (κ3) is 6.35. The van der Waals surface area contributed by atoms with Crippen molar-refractivity contribution in [3.63, 3.8) is 0 Å². The summed E-state index contributed by atoms with van der Waals surface area (Å²) in [5.74, 6) is -2.26. The normalized spacial score (nSPS) is 15.1. The maximum atomic E-state index is 14.2. The van der Waals surface area contributed by atoms with Crippen LogP contribution in [0.15, 0.2) is 47.6 Å². The largest absolute Gasteiger partial charge is 0.466 e. The lowest BCUT2D eigenvalue weighted by atomic mass is 10.0. The molecule has 0 spiro atoms. The molecular weight excluding hydrogens is 418 g/mol. The van der Waals surface area contributed by atoms with Crippen molar-refractivity contribution in [2.45, 2.75) is 45.8 Å². The second kappa shape index (κ2) is 10.8. The fourth-order valence-electron chi connectivity index (χ4n) is 3.40. The van der Waals surface area contributed by atoms with Crippen molar-refractivity contribution in [3.8, 4) is 0 Å². The van der Waals surface area contributed by atoms with Crippen LogP contribution in [0.1, 0.15) is 42.9 Å². The third-order valence-corrected chi connectivity index (χ3v) is 5.12. The van der Waals surface area contributed by atoms with Gasteiger partial charge in [0.05, 0.1) is 25.3 Å². The van der Waals surface area contributed by atoms with Crippen LogP contribution in [0.2, 0.25) is 0 Å². The van der Waals surface area contributed by atoms with Gasteiger partial charge in [-0.15, -0.1) is 0 Å².